The largest absolute Gasteiger partial charge is 0.444 e. The monoisotopic (exact) mass is 617 g/mol. The number of nitrogens with one attached hydrogen (secondary N) is 2. The minimum atomic E-state index is -0.518. The minimum Gasteiger partial charge on any atom is -0.444 e. The zero-order valence-electron chi connectivity index (χ0n) is 27.6. The number of hydrogen-bond acceptors (Lipinski definition) is 4. The molecule has 1 atom stereocenters. The number of H-pyrrole nitrogens is 2. The summed E-state index contributed by atoms with van der Waals surface area (Å²) in [7, 11) is 0. The van der Waals surface area contributed by atoms with Crippen LogP contribution in [0.2, 0.25) is 0 Å². The van der Waals surface area contributed by atoms with Crippen molar-refractivity contribution in [3.05, 3.63) is 71.6 Å². The summed E-state index contributed by atoms with van der Waals surface area (Å²) >= 11 is 0. The predicted octanol–water partition coefficient (Wildman–Crippen LogP) is 9.62. The van der Waals surface area contributed by atoms with Crippen LogP contribution in [-0.4, -0.2) is 43.1 Å². The van der Waals surface area contributed by atoms with Gasteiger partial charge in [0.05, 0.1) is 17.4 Å². The number of benzene rings is 2. The van der Waals surface area contributed by atoms with Gasteiger partial charge in [-0.05, 0) is 99.8 Å². The highest BCUT2D eigenvalue weighted by atomic mass is 16.6. The van der Waals surface area contributed by atoms with Gasteiger partial charge in [0.25, 0.3) is 0 Å². The number of hydrogen-bond donors (Lipinski definition) is 2. The number of carbonyl (C=O) groups excluding carboxylic acids is 1. The van der Waals surface area contributed by atoms with Gasteiger partial charge in [-0.1, -0.05) is 62.1 Å². The lowest BCUT2D eigenvalue weighted by Gasteiger charge is -2.28. The molecule has 0 bridgehead atoms. The molecule has 7 nitrogen and oxygen atoms in total. The first-order valence-corrected chi connectivity index (χ1v) is 17.7. The summed E-state index contributed by atoms with van der Waals surface area (Å²) in [5.74, 6) is 2.60. The van der Waals surface area contributed by atoms with Crippen molar-refractivity contribution in [3.63, 3.8) is 0 Å². The van der Waals surface area contributed by atoms with Crippen molar-refractivity contribution in [3.8, 4) is 33.6 Å². The molecule has 1 amide bonds. The molecular formula is C39H47N5O2. The number of aromatic amines is 2. The SMILES string of the molecule is CC(C)(C)OC(=O)N1CCC[C@H]1c1nc(-c2ccc(-c3ccc(-c4c[nH]c(C5CCCC5)n4)c4c3C3(CCCC3)CC4)cc2)c[nH]1. The quantitative estimate of drug-likeness (QED) is 0.233. The highest BCUT2D eigenvalue weighted by molar-refractivity contribution is 5.80. The number of amides is 1. The standard InChI is InChI=1S/C39H47N5O2/c1-38(2,3)46-37(45)44-22-8-11-33(44)36-41-23-31(42-36)26-14-12-25(13-15-26)28-16-17-29(30-18-21-39(34(28)30)19-6-7-20-39)32-24-40-35(43-32)27-9-4-5-10-27/h12-17,23-24,27,33H,4-11,18-22H2,1-3H3,(H,40,43)(H,41,42)/t33-/m0/s1. The van der Waals surface area contributed by atoms with E-state index in [-0.39, 0.29) is 12.1 Å². The minimum absolute atomic E-state index is 0.0877. The maximum absolute atomic E-state index is 12.9. The average molecular weight is 618 g/mol. The van der Waals surface area contributed by atoms with Crippen LogP contribution in [0, 0.1) is 0 Å². The number of likely N-dealkylation sites (tertiary alicyclic amines) is 1. The van der Waals surface area contributed by atoms with Gasteiger partial charge in [-0.2, -0.15) is 0 Å². The van der Waals surface area contributed by atoms with Crippen LogP contribution in [0.3, 0.4) is 0 Å². The molecule has 3 aliphatic carbocycles. The van der Waals surface area contributed by atoms with Crippen molar-refractivity contribution >= 4 is 6.09 Å². The van der Waals surface area contributed by atoms with E-state index in [1.165, 1.54) is 85.9 Å². The molecule has 4 aromatic rings. The Balaban J connectivity index is 1.08. The first-order chi connectivity index (χ1) is 22.3. The Morgan fingerprint density at radius 3 is 2.24 bits per heavy atom. The van der Waals surface area contributed by atoms with Crippen molar-refractivity contribution in [2.75, 3.05) is 6.54 Å². The molecule has 2 N–H and O–H groups in total. The van der Waals surface area contributed by atoms with Crippen molar-refractivity contribution in [1.82, 2.24) is 24.8 Å². The second-order valence-corrected chi connectivity index (χ2v) is 15.2. The van der Waals surface area contributed by atoms with Crippen LogP contribution in [0.1, 0.15) is 126 Å². The van der Waals surface area contributed by atoms with Crippen molar-refractivity contribution in [2.24, 2.45) is 0 Å². The van der Waals surface area contributed by atoms with Crippen LogP contribution < -0.4 is 0 Å². The molecule has 1 aliphatic heterocycles. The van der Waals surface area contributed by atoms with Crippen LogP contribution in [-0.2, 0) is 16.6 Å². The Labute approximate surface area is 272 Å². The van der Waals surface area contributed by atoms with Gasteiger partial charge in [-0.3, -0.25) is 4.90 Å². The highest BCUT2D eigenvalue weighted by Gasteiger charge is 2.44. The van der Waals surface area contributed by atoms with E-state index >= 15 is 0 Å². The van der Waals surface area contributed by atoms with Gasteiger partial charge in [-0.25, -0.2) is 14.8 Å². The highest BCUT2D eigenvalue weighted by Crippen LogP contribution is 2.55. The summed E-state index contributed by atoms with van der Waals surface area (Å²) in [6.45, 7) is 6.42. The fourth-order valence-corrected chi connectivity index (χ4v) is 8.98. The fourth-order valence-electron chi connectivity index (χ4n) is 8.98. The predicted molar refractivity (Wildman–Crippen MR) is 182 cm³/mol. The maximum atomic E-state index is 12.9. The molecule has 3 fully saturated rings. The summed E-state index contributed by atoms with van der Waals surface area (Å²) in [6, 6.07) is 13.6. The molecule has 7 heteroatoms. The molecule has 3 heterocycles. The molecule has 1 saturated heterocycles. The van der Waals surface area contributed by atoms with Crippen molar-refractivity contribution < 1.29 is 9.53 Å². The zero-order valence-corrected chi connectivity index (χ0v) is 27.6. The van der Waals surface area contributed by atoms with E-state index in [1.807, 2.05) is 31.9 Å². The van der Waals surface area contributed by atoms with E-state index in [9.17, 15) is 4.79 Å². The summed E-state index contributed by atoms with van der Waals surface area (Å²) in [6.07, 6.45) is 18.5. The molecule has 2 aromatic heterocycles. The van der Waals surface area contributed by atoms with E-state index in [0.29, 0.717) is 17.9 Å². The van der Waals surface area contributed by atoms with Gasteiger partial charge < -0.3 is 14.7 Å². The third kappa shape index (κ3) is 5.26. The molecule has 240 valence electrons. The third-order valence-electron chi connectivity index (χ3n) is 11.2. The molecule has 0 radical (unpaired) electrons. The Morgan fingerprint density at radius 2 is 1.48 bits per heavy atom. The number of imidazole rings is 2. The summed E-state index contributed by atoms with van der Waals surface area (Å²) in [5.41, 5.74) is 9.98. The normalized spacial score (nSPS) is 21.0. The number of rotatable bonds is 5. The smallest absolute Gasteiger partial charge is 0.410 e. The topological polar surface area (TPSA) is 86.9 Å². The average Bonchev–Trinajstić information content (AvgIpc) is 3.88. The van der Waals surface area contributed by atoms with Gasteiger partial charge in [-0.15, -0.1) is 0 Å². The number of carbonyl (C=O) groups is 1. The second kappa shape index (κ2) is 11.4. The lowest BCUT2D eigenvalue weighted by atomic mass is 9.76. The van der Waals surface area contributed by atoms with Gasteiger partial charge in [0, 0.05) is 36.0 Å². The van der Waals surface area contributed by atoms with E-state index in [0.717, 1.165) is 42.0 Å². The molecule has 2 aromatic carbocycles. The van der Waals surface area contributed by atoms with E-state index in [2.05, 4.69) is 52.6 Å². The van der Waals surface area contributed by atoms with E-state index in [4.69, 9.17) is 14.7 Å². The number of aromatic nitrogens is 4. The third-order valence-corrected chi connectivity index (χ3v) is 11.2. The molecule has 4 aliphatic rings. The maximum Gasteiger partial charge on any atom is 0.410 e. The zero-order chi connectivity index (χ0) is 31.5. The van der Waals surface area contributed by atoms with Crippen LogP contribution in [0.25, 0.3) is 33.6 Å². The first-order valence-electron chi connectivity index (χ1n) is 17.7. The fraction of sp³-hybridized carbons (Fsp3) is 0.513. The van der Waals surface area contributed by atoms with Gasteiger partial charge >= 0.3 is 6.09 Å². The van der Waals surface area contributed by atoms with Crippen molar-refractivity contribution in [2.45, 2.75) is 121 Å². The van der Waals surface area contributed by atoms with E-state index < -0.39 is 5.60 Å². The molecule has 8 rings (SSSR count). The van der Waals surface area contributed by atoms with Crippen LogP contribution in [0.5, 0.6) is 0 Å². The lowest BCUT2D eigenvalue weighted by molar-refractivity contribution is 0.0218. The molecule has 46 heavy (non-hydrogen) atoms. The second-order valence-electron chi connectivity index (χ2n) is 15.2. The number of nitrogens with zero attached hydrogens (tertiary/aromatic N) is 3. The number of ether oxygens (including phenoxy) is 1. The van der Waals surface area contributed by atoms with Gasteiger partial charge in [0.15, 0.2) is 0 Å². The Hall–Kier alpha value is -3.87. The van der Waals surface area contributed by atoms with Gasteiger partial charge in [0.1, 0.15) is 17.2 Å². The molecule has 0 unspecified atom stereocenters. The summed E-state index contributed by atoms with van der Waals surface area (Å²) in [5, 5.41) is 0. The lowest BCUT2D eigenvalue weighted by Crippen LogP contribution is -2.36. The summed E-state index contributed by atoms with van der Waals surface area (Å²) in [4.78, 5) is 31.8. The Kier molecular flexibility index (Phi) is 7.34. The molecule has 2 saturated carbocycles. The Bertz CT molecular complexity index is 1730. The van der Waals surface area contributed by atoms with Crippen LogP contribution in [0.4, 0.5) is 4.79 Å². The summed E-state index contributed by atoms with van der Waals surface area (Å²) < 4.78 is 5.68. The molecular weight excluding hydrogens is 570 g/mol. The van der Waals surface area contributed by atoms with Crippen LogP contribution in [0.15, 0.2) is 48.8 Å². The van der Waals surface area contributed by atoms with E-state index in [1.54, 1.807) is 5.56 Å². The van der Waals surface area contributed by atoms with Crippen molar-refractivity contribution in [1.29, 1.82) is 0 Å². The van der Waals surface area contributed by atoms with Crippen LogP contribution >= 0.6 is 0 Å². The Morgan fingerprint density at radius 1 is 0.804 bits per heavy atom. The van der Waals surface area contributed by atoms with Gasteiger partial charge in [0.2, 0.25) is 0 Å². The first kappa shape index (κ1) is 29.5. The number of fused-ring (bicyclic) bond motifs is 2. The molecule has 1 spiro atoms.